The zero-order valence-electron chi connectivity index (χ0n) is 9.59. The predicted molar refractivity (Wildman–Crippen MR) is 68.5 cm³/mol. The van der Waals surface area contributed by atoms with Gasteiger partial charge in [-0.05, 0) is 49.7 Å². The molecule has 2 heterocycles. The quantitative estimate of drug-likeness (QED) is 0.744. The van der Waals surface area contributed by atoms with E-state index in [9.17, 15) is 0 Å². The monoisotopic (exact) mass is 236 g/mol. The molecule has 1 aromatic rings. The highest BCUT2D eigenvalue weighted by atomic mass is 35.5. The molecular formula is C13H17ClN2. The number of piperidine rings is 1. The number of halogens is 1. The fourth-order valence-electron chi connectivity index (χ4n) is 3.22. The molecule has 86 valence electrons. The number of likely N-dealkylation sites (N-methyl/N-ethyl adjacent to an activating group) is 1. The van der Waals surface area contributed by atoms with Crippen LogP contribution < -0.4 is 10.2 Å². The van der Waals surface area contributed by atoms with E-state index in [0.717, 1.165) is 24.7 Å². The molecular weight excluding hydrogens is 220 g/mol. The van der Waals surface area contributed by atoms with Crippen molar-refractivity contribution in [1.82, 2.24) is 5.32 Å². The second-order valence-corrected chi connectivity index (χ2v) is 5.48. The Bertz CT molecular complexity index is 410. The number of anilines is 1. The molecule has 0 radical (unpaired) electrons. The summed E-state index contributed by atoms with van der Waals surface area (Å²) < 4.78 is 0. The molecule has 1 spiro atoms. The fourth-order valence-corrected chi connectivity index (χ4v) is 3.40. The number of hydrogen-bond donors (Lipinski definition) is 1. The first-order chi connectivity index (χ1) is 7.71. The van der Waals surface area contributed by atoms with Gasteiger partial charge in [-0.2, -0.15) is 0 Å². The molecule has 2 aliphatic heterocycles. The van der Waals surface area contributed by atoms with Crippen molar-refractivity contribution >= 4 is 17.3 Å². The highest BCUT2D eigenvalue weighted by molar-refractivity contribution is 6.30. The lowest BCUT2D eigenvalue weighted by Crippen LogP contribution is -2.42. The molecule has 2 nitrogen and oxygen atoms in total. The van der Waals surface area contributed by atoms with Crippen LogP contribution in [0.15, 0.2) is 18.2 Å². The van der Waals surface area contributed by atoms with Crippen LogP contribution in [0.5, 0.6) is 0 Å². The van der Waals surface area contributed by atoms with Crippen LogP contribution in [0.2, 0.25) is 5.02 Å². The lowest BCUT2D eigenvalue weighted by Gasteiger charge is -2.34. The number of benzene rings is 1. The highest BCUT2D eigenvalue weighted by Crippen LogP contribution is 2.46. The van der Waals surface area contributed by atoms with Crippen LogP contribution in [0.25, 0.3) is 0 Å². The van der Waals surface area contributed by atoms with Crippen molar-refractivity contribution in [3.05, 3.63) is 28.8 Å². The van der Waals surface area contributed by atoms with E-state index in [0.29, 0.717) is 5.41 Å². The molecule has 3 heteroatoms. The van der Waals surface area contributed by atoms with Gasteiger partial charge in [-0.25, -0.2) is 0 Å². The molecule has 0 amide bonds. The van der Waals surface area contributed by atoms with E-state index in [4.69, 9.17) is 11.6 Å². The number of nitrogens with one attached hydrogen (secondary N) is 1. The third-order valence-corrected chi connectivity index (χ3v) is 4.28. The van der Waals surface area contributed by atoms with Crippen LogP contribution in [0.1, 0.15) is 18.4 Å². The maximum Gasteiger partial charge on any atom is 0.0410 e. The molecule has 1 N–H and O–H groups in total. The molecule has 1 fully saturated rings. The number of hydrogen-bond acceptors (Lipinski definition) is 2. The van der Waals surface area contributed by atoms with Crippen molar-refractivity contribution in [3.63, 3.8) is 0 Å². The van der Waals surface area contributed by atoms with Crippen LogP contribution in [0.4, 0.5) is 5.69 Å². The first-order valence-corrected chi connectivity index (χ1v) is 6.31. The average Bonchev–Trinajstić information content (AvgIpc) is 2.53. The SMILES string of the molecule is CN1CC2(CCNCC2)c2cc(Cl)ccc21. The average molecular weight is 237 g/mol. The van der Waals surface area contributed by atoms with E-state index in [1.165, 1.54) is 24.1 Å². The van der Waals surface area contributed by atoms with Gasteiger partial charge in [0.05, 0.1) is 0 Å². The van der Waals surface area contributed by atoms with E-state index in [1.807, 2.05) is 6.07 Å². The Balaban J connectivity index is 2.09. The van der Waals surface area contributed by atoms with Crippen LogP contribution in [0.3, 0.4) is 0 Å². The van der Waals surface area contributed by atoms with Gasteiger partial charge in [0.25, 0.3) is 0 Å². The van der Waals surface area contributed by atoms with Crippen LogP contribution >= 0.6 is 11.6 Å². The normalized spacial score (nSPS) is 22.5. The van der Waals surface area contributed by atoms with Crippen LogP contribution in [-0.2, 0) is 5.41 Å². The maximum atomic E-state index is 6.14. The van der Waals surface area contributed by atoms with Crippen molar-refractivity contribution in [2.75, 3.05) is 31.6 Å². The summed E-state index contributed by atoms with van der Waals surface area (Å²) in [5, 5.41) is 4.31. The molecule has 0 saturated carbocycles. The van der Waals surface area contributed by atoms with Gasteiger partial charge in [0.2, 0.25) is 0 Å². The Hall–Kier alpha value is -0.730. The van der Waals surface area contributed by atoms with E-state index in [1.54, 1.807) is 0 Å². The van der Waals surface area contributed by atoms with Gasteiger partial charge < -0.3 is 10.2 Å². The van der Waals surface area contributed by atoms with Gasteiger partial charge in [0, 0.05) is 29.7 Å². The molecule has 2 aliphatic rings. The maximum absolute atomic E-state index is 6.14. The summed E-state index contributed by atoms with van der Waals surface area (Å²) >= 11 is 6.14. The molecule has 16 heavy (non-hydrogen) atoms. The number of nitrogens with zero attached hydrogens (tertiary/aromatic N) is 1. The Morgan fingerprint density at radius 2 is 2.06 bits per heavy atom. The third kappa shape index (κ3) is 1.44. The minimum atomic E-state index is 0.347. The summed E-state index contributed by atoms with van der Waals surface area (Å²) in [6.45, 7) is 3.39. The summed E-state index contributed by atoms with van der Waals surface area (Å²) in [5.41, 5.74) is 3.18. The summed E-state index contributed by atoms with van der Waals surface area (Å²) in [6, 6.07) is 6.33. The van der Waals surface area contributed by atoms with Gasteiger partial charge in [-0.3, -0.25) is 0 Å². The van der Waals surface area contributed by atoms with Gasteiger partial charge in [0.1, 0.15) is 0 Å². The zero-order valence-corrected chi connectivity index (χ0v) is 10.3. The largest absolute Gasteiger partial charge is 0.373 e. The van der Waals surface area contributed by atoms with E-state index in [-0.39, 0.29) is 0 Å². The summed E-state index contributed by atoms with van der Waals surface area (Å²) in [7, 11) is 2.18. The Labute approximate surface area is 102 Å². The van der Waals surface area contributed by atoms with Crippen molar-refractivity contribution in [2.24, 2.45) is 0 Å². The minimum absolute atomic E-state index is 0.347. The number of fused-ring (bicyclic) bond motifs is 2. The highest BCUT2D eigenvalue weighted by Gasteiger charge is 2.42. The lowest BCUT2D eigenvalue weighted by atomic mass is 9.75. The third-order valence-electron chi connectivity index (χ3n) is 4.04. The van der Waals surface area contributed by atoms with Gasteiger partial charge in [-0.1, -0.05) is 11.6 Å². The Kier molecular flexibility index (Phi) is 2.37. The van der Waals surface area contributed by atoms with Crippen LogP contribution in [-0.4, -0.2) is 26.7 Å². The second-order valence-electron chi connectivity index (χ2n) is 5.05. The minimum Gasteiger partial charge on any atom is -0.373 e. The van der Waals surface area contributed by atoms with Crippen molar-refractivity contribution in [3.8, 4) is 0 Å². The predicted octanol–water partition coefficient (Wildman–Crippen LogP) is 2.41. The van der Waals surface area contributed by atoms with E-state index < -0.39 is 0 Å². The lowest BCUT2D eigenvalue weighted by molar-refractivity contribution is 0.328. The van der Waals surface area contributed by atoms with Crippen molar-refractivity contribution in [1.29, 1.82) is 0 Å². The van der Waals surface area contributed by atoms with Gasteiger partial charge >= 0.3 is 0 Å². The summed E-state index contributed by atoms with van der Waals surface area (Å²) in [6.07, 6.45) is 2.45. The first kappa shape index (κ1) is 10.4. The molecule has 3 rings (SSSR count). The molecule has 1 aromatic carbocycles. The van der Waals surface area contributed by atoms with Crippen molar-refractivity contribution in [2.45, 2.75) is 18.3 Å². The fraction of sp³-hybridized carbons (Fsp3) is 0.538. The molecule has 0 unspecified atom stereocenters. The zero-order chi connectivity index (χ0) is 11.2. The smallest absolute Gasteiger partial charge is 0.0410 e. The van der Waals surface area contributed by atoms with Gasteiger partial charge in [0.15, 0.2) is 0 Å². The molecule has 0 aromatic heterocycles. The Morgan fingerprint density at radius 3 is 2.81 bits per heavy atom. The topological polar surface area (TPSA) is 15.3 Å². The van der Waals surface area contributed by atoms with Gasteiger partial charge in [-0.15, -0.1) is 0 Å². The summed E-state index contributed by atoms with van der Waals surface area (Å²) in [5.74, 6) is 0. The first-order valence-electron chi connectivity index (χ1n) is 5.93. The van der Waals surface area contributed by atoms with Crippen LogP contribution in [0, 0.1) is 0 Å². The molecule has 0 atom stereocenters. The standard InChI is InChI=1S/C13H17ClN2/c1-16-9-13(4-6-15-7-5-13)11-8-10(14)2-3-12(11)16/h2-3,8,15H,4-7,9H2,1H3. The number of rotatable bonds is 0. The molecule has 0 aliphatic carbocycles. The Morgan fingerprint density at radius 1 is 1.31 bits per heavy atom. The second kappa shape index (κ2) is 3.64. The van der Waals surface area contributed by atoms with E-state index in [2.05, 4.69) is 29.4 Å². The summed E-state index contributed by atoms with van der Waals surface area (Å²) in [4.78, 5) is 2.37. The molecule has 0 bridgehead atoms. The molecule has 1 saturated heterocycles. The van der Waals surface area contributed by atoms with Crippen molar-refractivity contribution < 1.29 is 0 Å². The van der Waals surface area contributed by atoms with E-state index >= 15 is 0 Å².